The van der Waals surface area contributed by atoms with Crippen molar-refractivity contribution in [2.45, 2.75) is 26.3 Å². The Morgan fingerprint density at radius 2 is 1.77 bits per heavy atom. The van der Waals surface area contributed by atoms with E-state index >= 15 is 0 Å². The largest absolute Gasteiger partial charge is 0.467 e. The number of rotatable bonds is 5. The first-order chi connectivity index (χ1) is 10.5. The minimum Gasteiger partial charge on any atom is -0.467 e. The molecule has 0 spiro atoms. The summed E-state index contributed by atoms with van der Waals surface area (Å²) in [6, 6.07) is 13.3. The van der Waals surface area contributed by atoms with E-state index in [1.54, 1.807) is 0 Å². The van der Waals surface area contributed by atoms with E-state index in [4.69, 9.17) is 4.74 Å². The summed E-state index contributed by atoms with van der Waals surface area (Å²) in [4.78, 5) is 23.8. The molecule has 0 unspecified atom stereocenters. The van der Waals surface area contributed by atoms with Crippen molar-refractivity contribution in [3.8, 4) is 0 Å². The van der Waals surface area contributed by atoms with Gasteiger partial charge < -0.3 is 10.1 Å². The number of esters is 1. The molecule has 4 heteroatoms. The molecule has 0 radical (unpaired) electrons. The van der Waals surface area contributed by atoms with Crippen molar-refractivity contribution in [2.24, 2.45) is 5.92 Å². The Kier molecular flexibility index (Phi) is 5.15. The van der Waals surface area contributed by atoms with Crippen molar-refractivity contribution < 1.29 is 14.3 Å². The quantitative estimate of drug-likeness (QED) is 0.864. The zero-order valence-corrected chi connectivity index (χ0v) is 13.1. The van der Waals surface area contributed by atoms with Gasteiger partial charge >= 0.3 is 5.97 Å². The second kappa shape index (κ2) is 7.07. The van der Waals surface area contributed by atoms with Crippen LogP contribution in [0.25, 0.3) is 10.8 Å². The van der Waals surface area contributed by atoms with Gasteiger partial charge in [-0.25, -0.2) is 4.79 Å². The van der Waals surface area contributed by atoms with Crippen LogP contribution in [-0.2, 0) is 20.7 Å². The standard InChI is InChI=1S/C18H21NO3/c1-12(2)17(18(21)22-3)19-16(20)11-13-8-9-14-6-4-5-7-15(14)10-13/h4-10,12,17H,11H2,1-3H3,(H,19,20)/t17-/m1/s1. The molecule has 4 nitrogen and oxygen atoms in total. The fourth-order valence-corrected chi connectivity index (χ4v) is 2.38. The molecule has 0 aromatic heterocycles. The van der Waals surface area contributed by atoms with E-state index in [0.717, 1.165) is 16.3 Å². The highest BCUT2D eigenvalue weighted by Gasteiger charge is 2.24. The van der Waals surface area contributed by atoms with E-state index in [2.05, 4.69) is 5.32 Å². The smallest absolute Gasteiger partial charge is 0.328 e. The third-order valence-corrected chi connectivity index (χ3v) is 3.62. The molecule has 2 aromatic carbocycles. The lowest BCUT2D eigenvalue weighted by Gasteiger charge is -2.19. The normalized spacial score (nSPS) is 12.2. The van der Waals surface area contributed by atoms with Gasteiger partial charge in [0, 0.05) is 0 Å². The van der Waals surface area contributed by atoms with Gasteiger partial charge in [-0.1, -0.05) is 56.3 Å². The highest BCUT2D eigenvalue weighted by atomic mass is 16.5. The first-order valence-corrected chi connectivity index (χ1v) is 7.36. The molecule has 0 aliphatic heterocycles. The van der Waals surface area contributed by atoms with Crippen molar-refractivity contribution >= 4 is 22.6 Å². The molecule has 2 aromatic rings. The number of hydrogen-bond acceptors (Lipinski definition) is 3. The Balaban J connectivity index is 2.08. The first kappa shape index (κ1) is 16.0. The van der Waals surface area contributed by atoms with Crippen LogP contribution in [0.5, 0.6) is 0 Å². The summed E-state index contributed by atoms with van der Waals surface area (Å²) in [7, 11) is 1.33. The average Bonchev–Trinajstić information content (AvgIpc) is 2.51. The highest BCUT2D eigenvalue weighted by Crippen LogP contribution is 2.16. The fourth-order valence-electron chi connectivity index (χ4n) is 2.38. The molecule has 0 aliphatic rings. The van der Waals surface area contributed by atoms with Crippen LogP contribution in [0, 0.1) is 5.92 Å². The molecule has 2 rings (SSSR count). The summed E-state index contributed by atoms with van der Waals surface area (Å²) in [6.45, 7) is 3.75. The highest BCUT2D eigenvalue weighted by molar-refractivity contribution is 5.88. The first-order valence-electron chi connectivity index (χ1n) is 7.36. The van der Waals surface area contributed by atoms with E-state index in [9.17, 15) is 9.59 Å². The lowest BCUT2D eigenvalue weighted by molar-refractivity contribution is -0.146. The number of hydrogen-bond donors (Lipinski definition) is 1. The van der Waals surface area contributed by atoms with Crippen LogP contribution in [0.4, 0.5) is 0 Å². The lowest BCUT2D eigenvalue weighted by atomic mass is 10.0. The molecule has 116 valence electrons. The van der Waals surface area contributed by atoms with Gasteiger partial charge in [0.05, 0.1) is 13.5 Å². The average molecular weight is 299 g/mol. The van der Waals surface area contributed by atoms with Gasteiger partial charge in [-0.3, -0.25) is 4.79 Å². The molecule has 0 bridgehead atoms. The minimum absolute atomic E-state index is 0.0204. The molecule has 22 heavy (non-hydrogen) atoms. The number of ether oxygens (including phenoxy) is 1. The predicted molar refractivity (Wildman–Crippen MR) is 86.4 cm³/mol. The summed E-state index contributed by atoms with van der Waals surface area (Å²) < 4.78 is 4.73. The predicted octanol–water partition coefficient (Wildman–Crippen LogP) is 2.70. The SMILES string of the molecule is COC(=O)[C@H](NC(=O)Cc1ccc2ccccc2c1)C(C)C. The van der Waals surface area contributed by atoms with E-state index in [-0.39, 0.29) is 18.2 Å². The molecule has 0 aliphatic carbocycles. The second-order valence-corrected chi connectivity index (χ2v) is 5.67. The van der Waals surface area contributed by atoms with E-state index in [1.807, 2.05) is 56.3 Å². The monoisotopic (exact) mass is 299 g/mol. The van der Waals surface area contributed by atoms with Crippen LogP contribution in [0.15, 0.2) is 42.5 Å². The van der Waals surface area contributed by atoms with Crippen molar-refractivity contribution in [1.29, 1.82) is 0 Å². The maximum Gasteiger partial charge on any atom is 0.328 e. The lowest BCUT2D eigenvalue weighted by Crippen LogP contribution is -2.45. The maximum absolute atomic E-state index is 12.2. The van der Waals surface area contributed by atoms with Crippen LogP contribution < -0.4 is 5.32 Å². The third-order valence-electron chi connectivity index (χ3n) is 3.62. The molecule has 1 amide bonds. The zero-order chi connectivity index (χ0) is 16.1. The van der Waals surface area contributed by atoms with Crippen LogP contribution in [-0.4, -0.2) is 25.0 Å². The van der Waals surface area contributed by atoms with E-state index < -0.39 is 12.0 Å². The Morgan fingerprint density at radius 3 is 2.41 bits per heavy atom. The summed E-state index contributed by atoms with van der Waals surface area (Å²) in [5.74, 6) is -0.616. The topological polar surface area (TPSA) is 55.4 Å². The summed E-state index contributed by atoms with van der Waals surface area (Å²) >= 11 is 0. The number of amides is 1. The molecule has 0 heterocycles. The second-order valence-electron chi connectivity index (χ2n) is 5.67. The van der Waals surface area contributed by atoms with Crippen molar-refractivity contribution in [3.05, 3.63) is 48.0 Å². The van der Waals surface area contributed by atoms with Gasteiger partial charge in [0.25, 0.3) is 0 Å². The van der Waals surface area contributed by atoms with Crippen LogP contribution in [0.3, 0.4) is 0 Å². The Labute approximate surface area is 130 Å². The zero-order valence-electron chi connectivity index (χ0n) is 13.1. The van der Waals surface area contributed by atoms with Gasteiger partial charge in [-0.05, 0) is 22.3 Å². The minimum atomic E-state index is -0.613. The molecule has 0 fully saturated rings. The summed E-state index contributed by atoms with van der Waals surface area (Å²) in [6.07, 6.45) is 0.241. The summed E-state index contributed by atoms with van der Waals surface area (Å²) in [5.41, 5.74) is 0.920. The Hall–Kier alpha value is -2.36. The molecular weight excluding hydrogens is 278 g/mol. The van der Waals surface area contributed by atoms with Gasteiger partial charge in [-0.2, -0.15) is 0 Å². The number of carbonyl (C=O) groups is 2. The maximum atomic E-state index is 12.2. The number of benzene rings is 2. The molecular formula is C18H21NO3. The van der Waals surface area contributed by atoms with Gasteiger partial charge in [0.2, 0.25) is 5.91 Å². The summed E-state index contributed by atoms with van der Waals surface area (Å²) in [5, 5.41) is 4.99. The van der Waals surface area contributed by atoms with Crippen LogP contribution >= 0.6 is 0 Å². The van der Waals surface area contributed by atoms with Gasteiger partial charge in [0.15, 0.2) is 0 Å². The van der Waals surface area contributed by atoms with Crippen LogP contribution in [0.1, 0.15) is 19.4 Å². The Bertz CT molecular complexity index is 679. The number of carbonyl (C=O) groups excluding carboxylic acids is 2. The molecule has 0 saturated carbocycles. The number of methoxy groups -OCH3 is 1. The van der Waals surface area contributed by atoms with Gasteiger partial charge in [-0.15, -0.1) is 0 Å². The fraction of sp³-hybridized carbons (Fsp3) is 0.333. The van der Waals surface area contributed by atoms with Gasteiger partial charge in [0.1, 0.15) is 6.04 Å². The van der Waals surface area contributed by atoms with Crippen molar-refractivity contribution in [2.75, 3.05) is 7.11 Å². The third kappa shape index (κ3) is 3.85. The number of fused-ring (bicyclic) bond motifs is 1. The van der Waals surface area contributed by atoms with Crippen molar-refractivity contribution in [1.82, 2.24) is 5.32 Å². The molecule has 1 N–H and O–H groups in total. The molecule has 1 atom stereocenters. The molecule has 0 saturated heterocycles. The van der Waals surface area contributed by atoms with E-state index in [0.29, 0.717) is 0 Å². The van der Waals surface area contributed by atoms with E-state index in [1.165, 1.54) is 7.11 Å². The Morgan fingerprint density at radius 1 is 1.09 bits per heavy atom. The van der Waals surface area contributed by atoms with Crippen LogP contribution in [0.2, 0.25) is 0 Å². The number of nitrogens with one attached hydrogen (secondary N) is 1. The van der Waals surface area contributed by atoms with Crippen molar-refractivity contribution in [3.63, 3.8) is 0 Å².